The van der Waals surface area contributed by atoms with Crippen molar-refractivity contribution in [2.24, 2.45) is 11.7 Å². The molecule has 0 unspecified atom stereocenters. The Morgan fingerprint density at radius 1 is 1.02 bits per heavy atom. The molecule has 4 N–H and O–H groups in total. The van der Waals surface area contributed by atoms with Gasteiger partial charge in [0.25, 0.3) is 5.91 Å². The van der Waals surface area contributed by atoms with Crippen LogP contribution in [0, 0.1) is 5.92 Å². The fourth-order valence-electron chi connectivity index (χ4n) is 5.43. The number of nitrogens with zero attached hydrogens (tertiary/aromatic N) is 4. The van der Waals surface area contributed by atoms with E-state index in [9.17, 15) is 19.2 Å². The number of carbonyl (C=O) groups is 4. The Bertz CT molecular complexity index is 1780. The summed E-state index contributed by atoms with van der Waals surface area (Å²) in [4.78, 5) is 58.4. The van der Waals surface area contributed by atoms with Crippen molar-refractivity contribution in [3.05, 3.63) is 83.8 Å². The second kappa shape index (κ2) is 14.4. The van der Waals surface area contributed by atoms with Gasteiger partial charge in [-0.1, -0.05) is 30.0 Å². The first kappa shape index (κ1) is 32.4. The van der Waals surface area contributed by atoms with E-state index >= 15 is 0 Å². The molecule has 0 spiro atoms. The van der Waals surface area contributed by atoms with Crippen LogP contribution in [0.4, 0.5) is 4.79 Å². The summed E-state index contributed by atoms with van der Waals surface area (Å²) < 4.78 is 1.31. The number of amides is 4. The van der Waals surface area contributed by atoms with E-state index < -0.39 is 12.1 Å². The zero-order chi connectivity index (χ0) is 32.8. The van der Waals surface area contributed by atoms with Gasteiger partial charge in [0.05, 0.1) is 22.5 Å². The lowest BCUT2D eigenvalue weighted by Gasteiger charge is -2.30. The Hall–Kier alpha value is -4.97. The zero-order valence-electron chi connectivity index (χ0n) is 26.0. The summed E-state index contributed by atoms with van der Waals surface area (Å²) in [5.41, 5.74) is 7.85. The third kappa shape index (κ3) is 7.28. The molecule has 0 saturated heterocycles. The molecule has 0 aliphatic heterocycles. The van der Waals surface area contributed by atoms with Crippen LogP contribution in [0.3, 0.4) is 0 Å². The van der Waals surface area contributed by atoms with Crippen LogP contribution in [0.15, 0.2) is 76.7 Å². The van der Waals surface area contributed by atoms with E-state index in [2.05, 4.69) is 20.7 Å². The number of rotatable bonds is 9. The maximum absolute atomic E-state index is 14.0. The van der Waals surface area contributed by atoms with Crippen molar-refractivity contribution in [2.45, 2.75) is 54.5 Å². The summed E-state index contributed by atoms with van der Waals surface area (Å²) in [5.74, 6) is -0.945. The molecule has 2 heterocycles. The molecule has 238 valence electrons. The molecule has 0 bridgehead atoms. The summed E-state index contributed by atoms with van der Waals surface area (Å²) in [6.07, 6.45) is 7.90. The van der Waals surface area contributed by atoms with Gasteiger partial charge in [0.1, 0.15) is 6.04 Å². The Morgan fingerprint density at radius 3 is 2.46 bits per heavy atom. The standard InChI is InChI=1S/C34H37N7O4S/c1-21(32(43)38-24-13-11-22(12-14-24)31(35)42)40(3)34(45)41-29-20-25(46-30-10-5-4-9-27(30)33(44)36-2)16-17-26(29)28(39-41)18-15-23-8-6-7-19-37-23/h4-10,15-22,24H,11-14H2,1-3H3,(H2,35,42)(H,36,44)(H,38,43)/b18-15+/t21-,22?,24?/m0/s1. The maximum Gasteiger partial charge on any atom is 0.345 e. The second-order valence-corrected chi connectivity index (χ2v) is 12.4. The van der Waals surface area contributed by atoms with Crippen LogP contribution in [-0.2, 0) is 9.59 Å². The molecule has 1 aliphatic carbocycles. The largest absolute Gasteiger partial charge is 0.369 e. The van der Waals surface area contributed by atoms with Crippen LogP contribution < -0.4 is 16.4 Å². The highest BCUT2D eigenvalue weighted by Crippen LogP contribution is 2.34. The average Bonchev–Trinajstić information content (AvgIpc) is 3.44. The molecule has 12 heteroatoms. The van der Waals surface area contributed by atoms with Gasteiger partial charge in [-0.05, 0) is 87.2 Å². The van der Waals surface area contributed by atoms with Crippen LogP contribution in [-0.4, -0.2) is 69.6 Å². The molecule has 4 aromatic rings. The lowest BCUT2D eigenvalue weighted by atomic mass is 9.85. The third-order valence-corrected chi connectivity index (χ3v) is 9.35. The third-order valence-electron chi connectivity index (χ3n) is 8.29. The van der Waals surface area contributed by atoms with E-state index in [-0.39, 0.29) is 29.7 Å². The molecule has 2 aromatic carbocycles. The van der Waals surface area contributed by atoms with Gasteiger partial charge in [-0.15, -0.1) is 0 Å². The van der Waals surface area contributed by atoms with Gasteiger partial charge in [0, 0.05) is 47.4 Å². The van der Waals surface area contributed by atoms with Gasteiger partial charge in [0.2, 0.25) is 11.8 Å². The Balaban J connectivity index is 1.43. The van der Waals surface area contributed by atoms with Crippen molar-refractivity contribution in [1.82, 2.24) is 30.3 Å². The molecular formula is C34H37N7O4S. The van der Waals surface area contributed by atoms with E-state index in [1.807, 2.05) is 60.7 Å². The summed E-state index contributed by atoms with van der Waals surface area (Å²) in [7, 11) is 3.16. The molecule has 0 radical (unpaired) electrons. The van der Waals surface area contributed by atoms with Gasteiger partial charge in [-0.2, -0.15) is 9.78 Å². The zero-order valence-corrected chi connectivity index (χ0v) is 26.8. The fraction of sp³-hybridized carbons (Fsp3) is 0.294. The average molecular weight is 640 g/mol. The van der Waals surface area contributed by atoms with Gasteiger partial charge in [0.15, 0.2) is 0 Å². The fourth-order valence-corrected chi connectivity index (χ4v) is 6.41. The quantitative estimate of drug-likeness (QED) is 0.243. The van der Waals surface area contributed by atoms with Crippen molar-refractivity contribution in [2.75, 3.05) is 14.1 Å². The van der Waals surface area contributed by atoms with Gasteiger partial charge < -0.3 is 21.3 Å². The van der Waals surface area contributed by atoms with E-state index in [0.29, 0.717) is 42.5 Å². The minimum Gasteiger partial charge on any atom is -0.369 e. The Morgan fingerprint density at radius 2 is 1.76 bits per heavy atom. The Labute approximate surface area is 271 Å². The van der Waals surface area contributed by atoms with Crippen LogP contribution in [0.2, 0.25) is 0 Å². The smallest absolute Gasteiger partial charge is 0.345 e. The monoisotopic (exact) mass is 639 g/mol. The number of aromatic nitrogens is 3. The van der Waals surface area contributed by atoms with Gasteiger partial charge in [-0.25, -0.2) is 4.79 Å². The number of benzene rings is 2. The molecule has 1 fully saturated rings. The number of hydrogen-bond acceptors (Lipinski definition) is 7. The molecule has 2 aromatic heterocycles. The molecule has 11 nitrogen and oxygen atoms in total. The normalized spacial score (nSPS) is 17.0. The molecule has 1 saturated carbocycles. The van der Waals surface area contributed by atoms with E-state index in [1.165, 1.54) is 21.3 Å². The first-order valence-electron chi connectivity index (χ1n) is 15.1. The molecule has 46 heavy (non-hydrogen) atoms. The van der Waals surface area contributed by atoms with Crippen molar-refractivity contribution in [3.8, 4) is 0 Å². The molecule has 1 atom stereocenters. The number of pyridine rings is 1. The van der Waals surface area contributed by atoms with Crippen molar-refractivity contribution in [3.63, 3.8) is 0 Å². The van der Waals surface area contributed by atoms with Gasteiger partial charge >= 0.3 is 6.03 Å². The number of fused-ring (bicyclic) bond motifs is 1. The summed E-state index contributed by atoms with van der Waals surface area (Å²) in [6, 6.07) is 17.2. The highest BCUT2D eigenvalue weighted by atomic mass is 32.2. The van der Waals surface area contributed by atoms with Crippen molar-refractivity contribution < 1.29 is 19.2 Å². The first-order chi connectivity index (χ1) is 22.2. The van der Waals surface area contributed by atoms with E-state index in [4.69, 9.17) is 5.73 Å². The van der Waals surface area contributed by atoms with E-state index in [1.54, 1.807) is 39.4 Å². The summed E-state index contributed by atoms with van der Waals surface area (Å²) in [5, 5.41) is 11.1. The van der Waals surface area contributed by atoms with Gasteiger partial charge in [-0.3, -0.25) is 19.4 Å². The number of primary amides is 1. The second-order valence-electron chi connectivity index (χ2n) is 11.3. The van der Waals surface area contributed by atoms with Crippen LogP contribution in [0.25, 0.3) is 23.1 Å². The summed E-state index contributed by atoms with van der Waals surface area (Å²) >= 11 is 1.41. The molecule has 1 aliphatic rings. The predicted octanol–water partition coefficient (Wildman–Crippen LogP) is 4.56. The number of hydrogen-bond donors (Lipinski definition) is 3. The number of nitrogens with one attached hydrogen (secondary N) is 2. The first-order valence-corrected chi connectivity index (χ1v) is 16.0. The lowest BCUT2D eigenvalue weighted by molar-refractivity contribution is -0.125. The van der Waals surface area contributed by atoms with Crippen LogP contribution in [0.1, 0.15) is 54.4 Å². The minimum absolute atomic E-state index is 0.0832. The molecule has 5 rings (SSSR count). The number of likely N-dealkylation sites (N-methyl/N-ethyl adjacent to an activating group) is 1. The number of carbonyl (C=O) groups excluding carboxylic acids is 4. The van der Waals surface area contributed by atoms with Crippen LogP contribution in [0.5, 0.6) is 0 Å². The predicted molar refractivity (Wildman–Crippen MR) is 178 cm³/mol. The SMILES string of the molecule is CNC(=O)c1ccccc1Sc1ccc2c(/C=C/c3ccccn3)nn(C(=O)N(C)[C@@H](C)C(=O)NC3CCC(C(N)=O)CC3)c2c1. The topological polar surface area (TPSA) is 152 Å². The lowest BCUT2D eigenvalue weighted by Crippen LogP contribution is -2.50. The maximum atomic E-state index is 14.0. The van der Waals surface area contributed by atoms with Crippen molar-refractivity contribution >= 4 is 58.6 Å². The number of nitrogens with two attached hydrogens (primary N) is 1. The van der Waals surface area contributed by atoms with Crippen molar-refractivity contribution in [1.29, 1.82) is 0 Å². The highest BCUT2D eigenvalue weighted by molar-refractivity contribution is 7.99. The summed E-state index contributed by atoms with van der Waals surface area (Å²) in [6.45, 7) is 1.67. The minimum atomic E-state index is -0.787. The Kier molecular flexibility index (Phi) is 10.2. The van der Waals surface area contributed by atoms with E-state index in [0.717, 1.165) is 20.9 Å². The van der Waals surface area contributed by atoms with Crippen LogP contribution >= 0.6 is 11.8 Å². The molecular weight excluding hydrogens is 602 g/mol. The highest BCUT2D eigenvalue weighted by Gasteiger charge is 2.30. The molecule has 4 amide bonds.